The predicted molar refractivity (Wildman–Crippen MR) is 79.9 cm³/mol. The number of rotatable bonds is 7. The summed E-state index contributed by atoms with van der Waals surface area (Å²) in [5, 5.41) is 3.55. The molecule has 1 N–H and O–H groups in total. The maximum Gasteiger partial charge on any atom is 0.119 e. The van der Waals surface area contributed by atoms with Gasteiger partial charge in [0.25, 0.3) is 0 Å². The van der Waals surface area contributed by atoms with Crippen LogP contribution < -0.4 is 10.1 Å². The highest BCUT2D eigenvalue weighted by Crippen LogP contribution is 2.29. The van der Waals surface area contributed by atoms with Crippen molar-refractivity contribution in [2.24, 2.45) is 0 Å². The summed E-state index contributed by atoms with van der Waals surface area (Å²) in [4.78, 5) is 0. The van der Waals surface area contributed by atoms with Gasteiger partial charge in [0.1, 0.15) is 5.75 Å². The summed E-state index contributed by atoms with van der Waals surface area (Å²) in [6.07, 6.45) is 0.935. The van der Waals surface area contributed by atoms with E-state index in [1.54, 1.807) is 14.2 Å². The molecule has 0 radical (unpaired) electrons. The molecule has 0 aliphatic heterocycles. The third-order valence-corrected chi connectivity index (χ3v) is 3.55. The number of hydrogen-bond donors (Lipinski definition) is 1. The molecule has 0 aliphatic carbocycles. The van der Waals surface area contributed by atoms with E-state index in [0.29, 0.717) is 6.04 Å². The lowest BCUT2D eigenvalue weighted by atomic mass is 9.91. The fourth-order valence-electron chi connectivity index (χ4n) is 2.28. The molecule has 0 fully saturated rings. The lowest BCUT2D eigenvalue weighted by Gasteiger charge is -2.30. The molecule has 0 aliphatic rings. The zero-order chi connectivity index (χ0) is 14.5. The van der Waals surface area contributed by atoms with Crippen molar-refractivity contribution in [1.82, 2.24) is 5.32 Å². The summed E-state index contributed by atoms with van der Waals surface area (Å²) in [5.74, 6) is 0.905. The molecular weight excluding hydrogens is 238 g/mol. The van der Waals surface area contributed by atoms with E-state index in [9.17, 15) is 0 Å². The van der Waals surface area contributed by atoms with Crippen molar-refractivity contribution in [2.45, 2.75) is 45.8 Å². The molecule has 1 atom stereocenters. The Balaban J connectivity index is 2.98. The second-order valence-electron chi connectivity index (χ2n) is 5.50. The van der Waals surface area contributed by atoms with Crippen LogP contribution in [0.25, 0.3) is 0 Å². The Morgan fingerprint density at radius 3 is 2.42 bits per heavy atom. The number of nitrogens with one attached hydrogen (secondary N) is 1. The van der Waals surface area contributed by atoms with Gasteiger partial charge in [0, 0.05) is 13.2 Å². The Morgan fingerprint density at radius 1 is 1.26 bits per heavy atom. The topological polar surface area (TPSA) is 30.5 Å². The maximum absolute atomic E-state index is 5.56. The first-order valence-electron chi connectivity index (χ1n) is 6.86. The molecule has 3 heteroatoms. The average molecular weight is 265 g/mol. The molecule has 0 saturated carbocycles. The van der Waals surface area contributed by atoms with E-state index in [1.165, 1.54) is 11.1 Å². The van der Waals surface area contributed by atoms with Gasteiger partial charge in [-0.15, -0.1) is 0 Å². The molecule has 1 unspecified atom stereocenters. The molecule has 0 saturated heterocycles. The zero-order valence-electron chi connectivity index (χ0n) is 13.0. The first-order valence-corrected chi connectivity index (χ1v) is 6.86. The van der Waals surface area contributed by atoms with E-state index in [-0.39, 0.29) is 5.60 Å². The van der Waals surface area contributed by atoms with Crippen LogP contribution in [0.2, 0.25) is 0 Å². The second kappa shape index (κ2) is 6.92. The van der Waals surface area contributed by atoms with Crippen LogP contribution in [0.1, 0.15) is 44.4 Å². The standard InChI is InChI=1S/C16H27NO2/c1-7-17-15(11-16(3,4)19-6)14-9-8-13(18-5)10-12(14)2/h8-10,15,17H,7,11H2,1-6H3. The van der Waals surface area contributed by atoms with Crippen LogP contribution in [-0.2, 0) is 4.74 Å². The zero-order valence-corrected chi connectivity index (χ0v) is 13.0. The second-order valence-corrected chi connectivity index (χ2v) is 5.50. The summed E-state index contributed by atoms with van der Waals surface area (Å²) < 4.78 is 10.8. The Morgan fingerprint density at radius 2 is 1.95 bits per heavy atom. The minimum atomic E-state index is -0.140. The van der Waals surface area contributed by atoms with E-state index >= 15 is 0 Å². The monoisotopic (exact) mass is 265 g/mol. The lowest BCUT2D eigenvalue weighted by molar-refractivity contribution is 0.00693. The molecule has 0 aromatic heterocycles. The van der Waals surface area contributed by atoms with Crippen LogP contribution in [0.3, 0.4) is 0 Å². The molecule has 0 amide bonds. The summed E-state index contributed by atoms with van der Waals surface area (Å²) in [6.45, 7) is 9.44. The summed E-state index contributed by atoms with van der Waals surface area (Å²) >= 11 is 0. The van der Waals surface area contributed by atoms with Crippen molar-refractivity contribution >= 4 is 0 Å². The molecule has 1 aromatic carbocycles. The van der Waals surface area contributed by atoms with E-state index < -0.39 is 0 Å². The lowest BCUT2D eigenvalue weighted by Crippen LogP contribution is -2.32. The van der Waals surface area contributed by atoms with Gasteiger partial charge >= 0.3 is 0 Å². The number of methoxy groups -OCH3 is 2. The van der Waals surface area contributed by atoms with Crippen LogP contribution in [-0.4, -0.2) is 26.4 Å². The largest absolute Gasteiger partial charge is 0.497 e. The normalized spacial score (nSPS) is 13.4. The Kier molecular flexibility index (Phi) is 5.83. The van der Waals surface area contributed by atoms with Gasteiger partial charge in [-0.3, -0.25) is 0 Å². The highest BCUT2D eigenvalue weighted by molar-refractivity contribution is 5.36. The number of benzene rings is 1. The van der Waals surface area contributed by atoms with E-state index in [0.717, 1.165) is 18.7 Å². The molecule has 3 nitrogen and oxygen atoms in total. The molecule has 108 valence electrons. The number of aryl methyl sites for hydroxylation is 1. The first-order chi connectivity index (χ1) is 8.93. The van der Waals surface area contributed by atoms with Gasteiger partial charge in [-0.05, 0) is 57.0 Å². The third kappa shape index (κ3) is 4.51. The molecule has 1 aromatic rings. The molecular formula is C16H27NO2. The summed E-state index contributed by atoms with van der Waals surface area (Å²) in [5.41, 5.74) is 2.42. The van der Waals surface area contributed by atoms with Gasteiger partial charge in [0.2, 0.25) is 0 Å². The smallest absolute Gasteiger partial charge is 0.119 e. The number of ether oxygens (including phenoxy) is 2. The highest BCUT2D eigenvalue weighted by atomic mass is 16.5. The molecule has 1 rings (SSSR count). The van der Waals surface area contributed by atoms with Crippen molar-refractivity contribution in [2.75, 3.05) is 20.8 Å². The van der Waals surface area contributed by atoms with Gasteiger partial charge in [0.15, 0.2) is 0 Å². The van der Waals surface area contributed by atoms with Crippen molar-refractivity contribution in [3.63, 3.8) is 0 Å². The van der Waals surface area contributed by atoms with Crippen LogP contribution in [0, 0.1) is 6.92 Å². The molecule has 19 heavy (non-hydrogen) atoms. The minimum Gasteiger partial charge on any atom is -0.497 e. The van der Waals surface area contributed by atoms with Gasteiger partial charge in [-0.2, -0.15) is 0 Å². The van der Waals surface area contributed by atoms with Gasteiger partial charge in [-0.25, -0.2) is 0 Å². The van der Waals surface area contributed by atoms with E-state index in [2.05, 4.69) is 45.1 Å². The molecule has 0 heterocycles. The van der Waals surface area contributed by atoms with Crippen LogP contribution in [0.5, 0.6) is 5.75 Å². The van der Waals surface area contributed by atoms with Crippen LogP contribution >= 0.6 is 0 Å². The fourth-order valence-corrected chi connectivity index (χ4v) is 2.28. The molecule has 0 spiro atoms. The van der Waals surface area contributed by atoms with Gasteiger partial charge < -0.3 is 14.8 Å². The Bertz CT molecular complexity index is 402. The fraction of sp³-hybridized carbons (Fsp3) is 0.625. The SMILES string of the molecule is CCNC(CC(C)(C)OC)c1ccc(OC)cc1C. The summed E-state index contributed by atoms with van der Waals surface area (Å²) in [7, 11) is 3.47. The van der Waals surface area contributed by atoms with Crippen LogP contribution in [0.4, 0.5) is 0 Å². The van der Waals surface area contributed by atoms with Gasteiger partial charge in [0.05, 0.1) is 12.7 Å². The van der Waals surface area contributed by atoms with Crippen molar-refractivity contribution in [1.29, 1.82) is 0 Å². The Labute approximate surface area is 117 Å². The third-order valence-electron chi connectivity index (χ3n) is 3.55. The Hall–Kier alpha value is -1.06. The summed E-state index contributed by atoms with van der Waals surface area (Å²) in [6, 6.07) is 6.55. The maximum atomic E-state index is 5.56. The highest BCUT2D eigenvalue weighted by Gasteiger charge is 2.24. The van der Waals surface area contributed by atoms with E-state index in [4.69, 9.17) is 9.47 Å². The average Bonchev–Trinajstić information content (AvgIpc) is 2.38. The van der Waals surface area contributed by atoms with Crippen LogP contribution in [0.15, 0.2) is 18.2 Å². The van der Waals surface area contributed by atoms with Crippen molar-refractivity contribution < 1.29 is 9.47 Å². The van der Waals surface area contributed by atoms with E-state index in [1.807, 2.05) is 6.07 Å². The van der Waals surface area contributed by atoms with Crippen molar-refractivity contribution in [3.05, 3.63) is 29.3 Å². The van der Waals surface area contributed by atoms with Gasteiger partial charge in [-0.1, -0.05) is 13.0 Å². The quantitative estimate of drug-likeness (QED) is 0.819. The predicted octanol–water partition coefficient (Wildman–Crippen LogP) is 3.47. The van der Waals surface area contributed by atoms with Crippen molar-refractivity contribution in [3.8, 4) is 5.75 Å². The molecule has 0 bridgehead atoms. The first kappa shape index (κ1) is 16.0. The number of hydrogen-bond acceptors (Lipinski definition) is 3. The minimum absolute atomic E-state index is 0.140.